The lowest BCUT2D eigenvalue weighted by Gasteiger charge is -2.35. The molecule has 16 heavy (non-hydrogen) atoms. The second-order valence-corrected chi connectivity index (χ2v) is 4.19. The summed E-state index contributed by atoms with van der Waals surface area (Å²) in [6.07, 6.45) is 5.36. The smallest absolute Gasteiger partial charge is 0.112 e. The van der Waals surface area contributed by atoms with E-state index < -0.39 is 0 Å². The van der Waals surface area contributed by atoms with Crippen molar-refractivity contribution in [1.82, 2.24) is 10.6 Å². The standard InChI is InChI=1S/C11H11N4O/c12-5-9-7-3-1-2-4-8(7)11-10(9)13-6-14-15(11)16/h6,9H,1-4H2,(H,13,14)/q-1. The van der Waals surface area contributed by atoms with Crippen molar-refractivity contribution in [2.45, 2.75) is 25.7 Å². The fourth-order valence-electron chi connectivity index (χ4n) is 2.69. The number of nitrogens with one attached hydrogen (secondary N) is 1. The first kappa shape index (κ1) is 9.43. The molecule has 0 saturated heterocycles. The SMILES string of the molecule is N#CC1C2=C(CCCC2)C2=C1N=CNN2[O-]. The van der Waals surface area contributed by atoms with Crippen LogP contribution in [0.1, 0.15) is 25.7 Å². The second kappa shape index (κ2) is 3.35. The van der Waals surface area contributed by atoms with Crippen molar-refractivity contribution >= 4 is 6.34 Å². The highest BCUT2D eigenvalue weighted by atomic mass is 16.5. The van der Waals surface area contributed by atoms with Crippen LogP contribution in [-0.2, 0) is 0 Å². The van der Waals surface area contributed by atoms with Gasteiger partial charge in [0.2, 0.25) is 0 Å². The van der Waals surface area contributed by atoms with Gasteiger partial charge in [-0.25, -0.2) is 4.99 Å². The molecule has 1 atom stereocenters. The van der Waals surface area contributed by atoms with Gasteiger partial charge in [-0.05, 0) is 36.8 Å². The largest absolute Gasteiger partial charge is 0.739 e. The number of hydrogen-bond acceptors (Lipinski definition) is 5. The first-order valence-corrected chi connectivity index (χ1v) is 5.45. The fourth-order valence-corrected chi connectivity index (χ4v) is 2.69. The Hall–Kier alpha value is -1.80. The van der Waals surface area contributed by atoms with Crippen molar-refractivity contribution in [2.24, 2.45) is 10.9 Å². The third kappa shape index (κ3) is 1.11. The van der Waals surface area contributed by atoms with E-state index in [1.165, 1.54) is 6.34 Å². The lowest BCUT2D eigenvalue weighted by atomic mass is 9.88. The molecule has 0 bridgehead atoms. The minimum atomic E-state index is -0.305. The first-order valence-electron chi connectivity index (χ1n) is 5.45. The van der Waals surface area contributed by atoms with Crippen molar-refractivity contribution in [1.29, 1.82) is 5.26 Å². The number of aliphatic imine (C=N–C) groups is 1. The van der Waals surface area contributed by atoms with E-state index in [0.29, 0.717) is 11.4 Å². The van der Waals surface area contributed by atoms with Gasteiger partial charge in [-0.2, -0.15) is 5.26 Å². The summed E-state index contributed by atoms with van der Waals surface area (Å²) in [7, 11) is 0. The van der Waals surface area contributed by atoms with Crippen molar-refractivity contribution in [3.63, 3.8) is 0 Å². The fraction of sp³-hybridized carbons (Fsp3) is 0.455. The van der Waals surface area contributed by atoms with Crippen LogP contribution in [0.3, 0.4) is 0 Å². The van der Waals surface area contributed by atoms with Crippen LogP contribution in [0, 0.1) is 22.5 Å². The predicted molar refractivity (Wildman–Crippen MR) is 58.5 cm³/mol. The minimum absolute atomic E-state index is 0.305. The van der Waals surface area contributed by atoms with Crippen LogP contribution < -0.4 is 5.43 Å². The third-order valence-electron chi connectivity index (χ3n) is 3.37. The molecule has 3 aliphatic rings. The first-order chi connectivity index (χ1) is 7.83. The highest BCUT2D eigenvalue weighted by molar-refractivity contribution is 5.64. The van der Waals surface area contributed by atoms with Gasteiger partial charge in [0.05, 0.1) is 17.5 Å². The lowest BCUT2D eigenvalue weighted by molar-refractivity contribution is 0.416. The second-order valence-electron chi connectivity index (χ2n) is 4.19. The zero-order valence-corrected chi connectivity index (χ0v) is 8.73. The lowest BCUT2D eigenvalue weighted by Crippen LogP contribution is -2.34. The minimum Gasteiger partial charge on any atom is -0.739 e. The summed E-state index contributed by atoms with van der Waals surface area (Å²) in [6.45, 7) is 0. The normalized spacial score (nSPS) is 27.5. The Morgan fingerprint density at radius 1 is 1.50 bits per heavy atom. The van der Waals surface area contributed by atoms with Gasteiger partial charge >= 0.3 is 0 Å². The molecule has 0 aromatic heterocycles. The number of hydrogen-bond donors (Lipinski definition) is 1. The van der Waals surface area contributed by atoms with Gasteiger partial charge in [-0.3, -0.25) is 5.43 Å². The van der Waals surface area contributed by atoms with E-state index >= 15 is 0 Å². The molecule has 82 valence electrons. The highest BCUT2D eigenvalue weighted by Crippen LogP contribution is 2.46. The summed E-state index contributed by atoms with van der Waals surface area (Å²) in [4.78, 5) is 4.16. The number of nitrogens with zero attached hydrogens (tertiary/aromatic N) is 3. The zero-order valence-electron chi connectivity index (χ0n) is 8.73. The van der Waals surface area contributed by atoms with Crippen LogP contribution in [0.2, 0.25) is 0 Å². The average molecular weight is 215 g/mol. The van der Waals surface area contributed by atoms with Gasteiger partial charge in [-0.1, -0.05) is 0 Å². The molecule has 0 radical (unpaired) electrons. The molecule has 1 unspecified atom stereocenters. The van der Waals surface area contributed by atoms with Crippen molar-refractivity contribution in [2.75, 3.05) is 0 Å². The monoisotopic (exact) mass is 215 g/mol. The van der Waals surface area contributed by atoms with Gasteiger partial charge in [-0.15, -0.1) is 0 Å². The summed E-state index contributed by atoms with van der Waals surface area (Å²) in [5.41, 5.74) is 5.89. The topological polar surface area (TPSA) is 74.5 Å². The summed E-state index contributed by atoms with van der Waals surface area (Å²) < 4.78 is 0. The third-order valence-corrected chi connectivity index (χ3v) is 3.37. The van der Waals surface area contributed by atoms with E-state index in [1.54, 1.807) is 0 Å². The van der Waals surface area contributed by atoms with Crippen LogP contribution in [0.25, 0.3) is 0 Å². The summed E-state index contributed by atoms with van der Waals surface area (Å²) in [6, 6.07) is 2.26. The molecule has 0 fully saturated rings. The van der Waals surface area contributed by atoms with Gasteiger partial charge in [0, 0.05) is 0 Å². The van der Waals surface area contributed by atoms with Crippen molar-refractivity contribution in [3.05, 3.63) is 27.7 Å². The van der Waals surface area contributed by atoms with Gasteiger partial charge in [0.1, 0.15) is 12.3 Å². The summed E-state index contributed by atoms with van der Waals surface area (Å²) in [5.74, 6) is -0.305. The Morgan fingerprint density at radius 2 is 2.31 bits per heavy atom. The summed E-state index contributed by atoms with van der Waals surface area (Å²) >= 11 is 0. The number of hydrazine groups is 1. The average Bonchev–Trinajstić information content (AvgIpc) is 2.64. The molecule has 1 N–H and O–H groups in total. The molecule has 0 amide bonds. The maximum Gasteiger partial charge on any atom is 0.112 e. The molecule has 5 heteroatoms. The Bertz CT molecular complexity index is 469. The maximum atomic E-state index is 11.7. The van der Waals surface area contributed by atoms with E-state index in [4.69, 9.17) is 0 Å². The molecular weight excluding hydrogens is 204 g/mol. The number of allylic oxidation sites excluding steroid dienone is 2. The van der Waals surface area contributed by atoms with Gasteiger partial charge in [0.25, 0.3) is 0 Å². The molecule has 1 heterocycles. The van der Waals surface area contributed by atoms with Gasteiger partial charge in [0.15, 0.2) is 0 Å². The molecule has 0 aromatic carbocycles. The summed E-state index contributed by atoms with van der Waals surface area (Å²) in [5, 5.41) is 21.6. The van der Waals surface area contributed by atoms with E-state index in [-0.39, 0.29) is 5.92 Å². The molecular formula is C11H11N4O-. The number of nitriles is 1. The quantitative estimate of drug-likeness (QED) is 0.665. The number of hydroxylamine groups is 1. The van der Waals surface area contributed by atoms with E-state index in [1.807, 2.05) is 0 Å². The van der Waals surface area contributed by atoms with E-state index in [2.05, 4.69) is 16.5 Å². The van der Waals surface area contributed by atoms with Gasteiger partial charge < -0.3 is 10.4 Å². The Morgan fingerprint density at radius 3 is 3.12 bits per heavy atom. The Kier molecular flexibility index (Phi) is 1.98. The van der Waals surface area contributed by atoms with E-state index in [9.17, 15) is 10.5 Å². The Labute approximate surface area is 93.3 Å². The molecule has 5 nitrogen and oxygen atoms in total. The van der Waals surface area contributed by atoms with Crippen LogP contribution >= 0.6 is 0 Å². The number of fused-ring (bicyclic) bond motifs is 1. The van der Waals surface area contributed by atoms with Crippen LogP contribution in [-0.4, -0.2) is 11.5 Å². The molecule has 0 spiro atoms. The Balaban J connectivity index is 2.13. The van der Waals surface area contributed by atoms with Crippen molar-refractivity contribution in [3.8, 4) is 6.07 Å². The maximum absolute atomic E-state index is 11.7. The van der Waals surface area contributed by atoms with E-state index in [0.717, 1.165) is 42.0 Å². The van der Waals surface area contributed by atoms with Crippen LogP contribution in [0.4, 0.5) is 0 Å². The number of rotatable bonds is 0. The zero-order chi connectivity index (χ0) is 11.1. The molecule has 3 rings (SSSR count). The highest BCUT2D eigenvalue weighted by Gasteiger charge is 2.36. The molecule has 2 aliphatic carbocycles. The van der Waals surface area contributed by atoms with Crippen molar-refractivity contribution < 1.29 is 0 Å². The van der Waals surface area contributed by atoms with Crippen LogP contribution in [0.15, 0.2) is 27.5 Å². The molecule has 0 saturated carbocycles. The van der Waals surface area contributed by atoms with Crippen LogP contribution in [0.5, 0.6) is 0 Å². The molecule has 0 aromatic rings. The molecule has 1 aliphatic heterocycles. The predicted octanol–water partition coefficient (Wildman–Crippen LogP) is 1.57.